The fourth-order valence-electron chi connectivity index (χ4n) is 3.21. The van der Waals surface area contributed by atoms with E-state index in [0.717, 1.165) is 40.7 Å². The molecule has 0 radical (unpaired) electrons. The van der Waals surface area contributed by atoms with Crippen LogP contribution < -0.4 is 15.5 Å². The molecule has 142 valence electrons. The molecule has 1 atom stereocenters. The van der Waals surface area contributed by atoms with E-state index >= 15 is 0 Å². The smallest absolute Gasteiger partial charge is 0.247 e. The van der Waals surface area contributed by atoms with Crippen LogP contribution in [0.4, 0.5) is 17.5 Å². The number of carbonyl (C=O) groups is 1. The molecule has 1 saturated heterocycles. The van der Waals surface area contributed by atoms with Crippen molar-refractivity contribution in [1.82, 2.24) is 19.9 Å². The van der Waals surface area contributed by atoms with Crippen molar-refractivity contribution in [1.29, 1.82) is 0 Å². The molecule has 0 saturated carbocycles. The molecule has 28 heavy (non-hydrogen) atoms. The molecular formula is C19H18BrN7O. The molecule has 3 heterocycles. The average Bonchev–Trinajstić information content (AvgIpc) is 3.17. The molecule has 3 aromatic rings. The van der Waals surface area contributed by atoms with Crippen molar-refractivity contribution in [3.05, 3.63) is 54.0 Å². The topological polar surface area (TPSA) is 95.9 Å². The maximum Gasteiger partial charge on any atom is 0.247 e. The summed E-state index contributed by atoms with van der Waals surface area (Å²) in [5.41, 5.74) is 1.45. The molecular weight excluding hydrogens is 422 g/mol. The van der Waals surface area contributed by atoms with E-state index in [9.17, 15) is 4.79 Å². The van der Waals surface area contributed by atoms with Crippen LogP contribution in [-0.2, 0) is 4.79 Å². The Labute approximate surface area is 170 Å². The molecule has 2 aromatic heterocycles. The zero-order valence-corrected chi connectivity index (χ0v) is 16.6. The van der Waals surface area contributed by atoms with Gasteiger partial charge in [-0.15, -0.1) is 0 Å². The highest BCUT2D eigenvalue weighted by molar-refractivity contribution is 9.10. The Balaban J connectivity index is 1.51. The van der Waals surface area contributed by atoms with E-state index in [1.807, 2.05) is 18.2 Å². The van der Waals surface area contributed by atoms with Gasteiger partial charge in [0.15, 0.2) is 0 Å². The third kappa shape index (κ3) is 3.94. The van der Waals surface area contributed by atoms with Crippen molar-refractivity contribution in [3.8, 4) is 0 Å². The first-order chi connectivity index (χ1) is 13.6. The molecule has 4 rings (SSSR count). The molecule has 1 fully saturated rings. The summed E-state index contributed by atoms with van der Waals surface area (Å²) < 4.78 is 0.849. The van der Waals surface area contributed by atoms with Gasteiger partial charge in [-0.05, 0) is 46.6 Å². The minimum atomic E-state index is -0.253. The van der Waals surface area contributed by atoms with E-state index in [-0.39, 0.29) is 11.9 Å². The minimum Gasteiger partial charge on any atom is -0.354 e. The zero-order chi connectivity index (χ0) is 19.5. The summed E-state index contributed by atoms with van der Waals surface area (Å²) >= 11 is 3.34. The van der Waals surface area contributed by atoms with Crippen molar-refractivity contribution in [2.24, 2.45) is 0 Å². The SMILES string of the molecule is C=CC(=O)Nc1ccc2c(N3CC[C@@H](Nc4ncc(Br)cn4)C3)ncnc2c1. The van der Waals surface area contributed by atoms with Crippen LogP contribution in [0, 0.1) is 0 Å². The van der Waals surface area contributed by atoms with Gasteiger partial charge in [0, 0.05) is 42.6 Å². The lowest BCUT2D eigenvalue weighted by molar-refractivity contribution is -0.111. The monoisotopic (exact) mass is 439 g/mol. The Bertz CT molecular complexity index is 1020. The Morgan fingerprint density at radius 3 is 2.86 bits per heavy atom. The summed E-state index contributed by atoms with van der Waals surface area (Å²) in [5, 5.41) is 7.06. The van der Waals surface area contributed by atoms with Gasteiger partial charge < -0.3 is 15.5 Å². The normalized spacial score (nSPS) is 16.2. The second-order valence-corrected chi connectivity index (χ2v) is 7.34. The van der Waals surface area contributed by atoms with Crippen molar-refractivity contribution in [2.45, 2.75) is 12.5 Å². The van der Waals surface area contributed by atoms with Crippen LogP contribution in [0.15, 0.2) is 54.0 Å². The summed E-state index contributed by atoms with van der Waals surface area (Å²) in [4.78, 5) is 31.1. The van der Waals surface area contributed by atoms with Gasteiger partial charge in [0.2, 0.25) is 11.9 Å². The summed E-state index contributed by atoms with van der Waals surface area (Å²) in [5.74, 6) is 1.25. The molecule has 9 heteroatoms. The maximum absolute atomic E-state index is 11.5. The number of fused-ring (bicyclic) bond motifs is 1. The number of amides is 1. The van der Waals surface area contributed by atoms with Crippen molar-refractivity contribution in [3.63, 3.8) is 0 Å². The van der Waals surface area contributed by atoms with E-state index in [4.69, 9.17) is 0 Å². The van der Waals surface area contributed by atoms with Crippen LogP contribution in [0.3, 0.4) is 0 Å². The number of nitrogens with one attached hydrogen (secondary N) is 2. The summed E-state index contributed by atoms with van der Waals surface area (Å²) in [6.45, 7) is 5.13. The van der Waals surface area contributed by atoms with Crippen LogP contribution in [0.1, 0.15) is 6.42 Å². The Morgan fingerprint density at radius 2 is 2.07 bits per heavy atom. The fourth-order valence-corrected chi connectivity index (χ4v) is 3.41. The molecule has 0 bridgehead atoms. The minimum absolute atomic E-state index is 0.234. The number of halogens is 1. The molecule has 1 aromatic carbocycles. The third-order valence-corrected chi connectivity index (χ3v) is 4.92. The zero-order valence-electron chi connectivity index (χ0n) is 15.0. The quantitative estimate of drug-likeness (QED) is 0.589. The first-order valence-corrected chi connectivity index (χ1v) is 9.59. The fraction of sp³-hybridized carbons (Fsp3) is 0.211. The number of anilines is 3. The van der Waals surface area contributed by atoms with Crippen molar-refractivity contribution >= 4 is 50.2 Å². The number of aromatic nitrogens is 4. The van der Waals surface area contributed by atoms with Gasteiger partial charge in [-0.2, -0.15) is 0 Å². The molecule has 0 aliphatic carbocycles. The highest BCUT2D eigenvalue weighted by atomic mass is 79.9. The van der Waals surface area contributed by atoms with Crippen LogP contribution in [0.2, 0.25) is 0 Å². The largest absolute Gasteiger partial charge is 0.354 e. The second-order valence-electron chi connectivity index (χ2n) is 6.42. The molecule has 0 spiro atoms. The Kier molecular flexibility index (Phi) is 5.16. The predicted octanol–water partition coefficient (Wildman–Crippen LogP) is 3.00. The van der Waals surface area contributed by atoms with Gasteiger partial charge >= 0.3 is 0 Å². The second kappa shape index (κ2) is 7.89. The average molecular weight is 440 g/mol. The van der Waals surface area contributed by atoms with E-state index in [1.165, 1.54) is 6.08 Å². The molecule has 1 amide bonds. The molecule has 1 aliphatic rings. The highest BCUT2D eigenvalue weighted by Gasteiger charge is 2.25. The maximum atomic E-state index is 11.5. The lowest BCUT2D eigenvalue weighted by atomic mass is 10.2. The van der Waals surface area contributed by atoms with E-state index in [2.05, 4.69) is 58.0 Å². The number of carbonyl (C=O) groups excluding carboxylic acids is 1. The van der Waals surface area contributed by atoms with Gasteiger partial charge in [0.1, 0.15) is 12.1 Å². The summed E-state index contributed by atoms with van der Waals surface area (Å²) in [6.07, 6.45) is 7.20. The number of hydrogen-bond donors (Lipinski definition) is 2. The summed E-state index contributed by atoms with van der Waals surface area (Å²) in [7, 11) is 0. The summed E-state index contributed by atoms with van der Waals surface area (Å²) in [6, 6.07) is 5.85. The van der Waals surface area contributed by atoms with Gasteiger partial charge in [0.25, 0.3) is 0 Å². The van der Waals surface area contributed by atoms with Crippen molar-refractivity contribution < 1.29 is 4.79 Å². The van der Waals surface area contributed by atoms with Gasteiger partial charge in [0.05, 0.1) is 9.99 Å². The van der Waals surface area contributed by atoms with Crippen LogP contribution in [0.5, 0.6) is 0 Å². The molecule has 1 aliphatic heterocycles. The number of rotatable bonds is 5. The molecule has 0 unspecified atom stereocenters. The van der Waals surface area contributed by atoms with Crippen LogP contribution >= 0.6 is 15.9 Å². The molecule has 8 nitrogen and oxygen atoms in total. The lowest BCUT2D eigenvalue weighted by Gasteiger charge is -2.19. The number of nitrogens with zero attached hydrogens (tertiary/aromatic N) is 5. The first kappa shape index (κ1) is 18.3. The van der Waals surface area contributed by atoms with E-state index in [0.29, 0.717) is 11.6 Å². The number of benzene rings is 1. The van der Waals surface area contributed by atoms with Gasteiger partial charge in [-0.25, -0.2) is 19.9 Å². The number of hydrogen-bond acceptors (Lipinski definition) is 7. The predicted molar refractivity (Wildman–Crippen MR) is 112 cm³/mol. The van der Waals surface area contributed by atoms with Gasteiger partial charge in [-0.3, -0.25) is 4.79 Å². The first-order valence-electron chi connectivity index (χ1n) is 8.79. The standard InChI is InChI=1S/C19H18BrN7O/c1-2-17(28)25-13-3-4-15-16(7-13)23-11-24-18(15)27-6-5-14(10-27)26-19-21-8-12(20)9-22-19/h2-4,7-9,11,14H,1,5-6,10H2,(H,25,28)(H,21,22,26)/t14-/m1/s1. The highest BCUT2D eigenvalue weighted by Crippen LogP contribution is 2.28. The molecule has 2 N–H and O–H groups in total. The van der Waals surface area contributed by atoms with E-state index < -0.39 is 0 Å². The Morgan fingerprint density at radius 1 is 1.25 bits per heavy atom. The van der Waals surface area contributed by atoms with Crippen LogP contribution in [0.25, 0.3) is 10.9 Å². The van der Waals surface area contributed by atoms with Crippen LogP contribution in [-0.4, -0.2) is 45.0 Å². The lowest BCUT2D eigenvalue weighted by Crippen LogP contribution is -2.27. The Hall–Kier alpha value is -3.07. The van der Waals surface area contributed by atoms with E-state index in [1.54, 1.807) is 18.7 Å². The van der Waals surface area contributed by atoms with Crippen molar-refractivity contribution in [2.75, 3.05) is 28.6 Å². The van der Waals surface area contributed by atoms with Gasteiger partial charge in [-0.1, -0.05) is 6.58 Å². The third-order valence-electron chi connectivity index (χ3n) is 4.51.